The molecule has 1 aliphatic rings. The Kier molecular flexibility index (Phi) is 7.18. The van der Waals surface area contributed by atoms with Gasteiger partial charge in [-0.3, -0.25) is 0 Å². The third kappa shape index (κ3) is 4.97. The van der Waals surface area contributed by atoms with Crippen molar-refractivity contribution >= 4 is 49.2 Å². The zero-order valence-corrected chi connectivity index (χ0v) is 25.0. The highest BCUT2D eigenvalue weighted by molar-refractivity contribution is 6.23. The first-order chi connectivity index (χ1) is 22.6. The Morgan fingerprint density at radius 2 is 1.76 bits per heavy atom. The molecule has 0 aliphatic carbocycles. The molecule has 0 spiro atoms. The summed E-state index contributed by atoms with van der Waals surface area (Å²) in [7, 11) is 0. The van der Waals surface area contributed by atoms with E-state index in [4.69, 9.17) is 10.5 Å². The van der Waals surface area contributed by atoms with Crippen LogP contribution in [0.1, 0.15) is 48.9 Å². The highest BCUT2D eigenvalue weighted by atomic mass is 16.5. The number of hydrogen-bond donors (Lipinski definition) is 3. The molecule has 230 valence electrons. The molecule has 46 heavy (non-hydrogen) atoms. The van der Waals surface area contributed by atoms with Crippen LogP contribution in [0.2, 0.25) is 0 Å². The summed E-state index contributed by atoms with van der Waals surface area (Å²) in [4.78, 5) is 8.45. The van der Waals surface area contributed by atoms with Crippen molar-refractivity contribution in [3.8, 4) is 11.8 Å². The third-order valence-electron chi connectivity index (χ3n) is 8.90. The number of aliphatic hydroxyl groups is 2. The Balaban J connectivity index is 0.917. The summed E-state index contributed by atoms with van der Waals surface area (Å²) in [6.45, 7) is 0.379. The number of fused-ring (bicyclic) bond motifs is 1. The van der Waals surface area contributed by atoms with Gasteiger partial charge >= 0.3 is 0 Å². The number of nitrogen functional groups attached to an aromatic ring is 1. The van der Waals surface area contributed by atoms with Crippen molar-refractivity contribution in [1.82, 2.24) is 34.7 Å². The van der Waals surface area contributed by atoms with Gasteiger partial charge in [-0.2, -0.15) is 5.10 Å². The molecule has 4 aromatic carbocycles. The van der Waals surface area contributed by atoms with Crippen molar-refractivity contribution in [1.29, 1.82) is 0 Å². The molecule has 8 rings (SSSR count). The summed E-state index contributed by atoms with van der Waals surface area (Å²) in [5.74, 6) is 6.62. The predicted molar refractivity (Wildman–Crippen MR) is 175 cm³/mol. The SMILES string of the molecule is Nc1ncnc2c1c(C#CCCCCc1cn(Cc3ccc4ccc5cccc6ccc3c4c56)nn1)nn2[C@H]1C[C@H](O)[C@@H](CO)O1. The van der Waals surface area contributed by atoms with Crippen LogP contribution in [0.25, 0.3) is 43.4 Å². The maximum absolute atomic E-state index is 10.2. The minimum atomic E-state index is -0.794. The van der Waals surface area contributed by atoms with Crippen LogP contribution in [0.5, 0.6) is 0 Å². The smallest absolute Gasteiger partial charge is 0.167 e. The number of anilines is 1. The second-order valence-corrected chi connectivity index (χ2v) is 11.9. The van der Waals surface area contributed by atoms with E-state index in [9.17, 15) is 10.2 Å². The largest absolute Gasteiger partial charge is 0.394 e. The van der Waals surface area contributed by atoms with Crippen LogP contribution in [-0.2, 0) is 17.7 Å². The van der Waals surface area contributed by atoms with Crippen molar-refractivity contribution in [3.05, 3.63) is 84.1 Å². The van der Waals surface area contributed by atoms with Crippen LogP contribution in [0.15, 0.2) is 67.1 Å². The van der Waals surface area contributed by atoms with E-state index in [-0.39, 0.29) is 18.8 Å². The van der Waals surface area contributed by atoms with Gasteiger partial charge in [-0.25, -0.2) is 19.3 Å². The summed E-state index contributed by atoms with van der Waals surface area (Å²) in [6.07, 6.45) is 4.92. The molecule has 3 atom stereocenters. The van der Waals surface area contributed by atoms with Crippen molar-refractivity contribution in [3.63, 3.8) is 0 Å². The number of unbranched alkanes of at least 4 members (excludes halogenated alkanes) is 2. The minimum absolute atomic E-state index is 0.279. The van der Waals surface area contributed by atoms with Gasteiger partial charge in [0.05, 0.1) is 30.3 Å². The van der Waals surface area contributed by atoms with Crippen molar-refractivity contribution in [2.75, 3.05) is 12.3 Å². The Morgan fingerprint density at radius 1 is 0.957 bits per heavy atom. The number of nitrogens with zero attached hydrogens (tertiary/aromatic N) is 7. The number of aliphatic hydroxyl groups excluding tert-OH is 2. The van der Waals surface area contributed by atoms with Gasteiger partial charge in [-0.1, -0.05) is 65.7 Å². The number of benzene rings is 4. The van der Waals surface area contributed by atoms with Crippen LogP contribution in [0.4, 0.5) is 5.82 Å². The van der Waals surface area contributed by atoms with Gasteiger partial charge in [0.25, 0.3) is 0 Å². The molecule has 11 nitrogen and oxygen atoms in total. The maximum Gasteiger partial charge on any atom is 0.167 e. The average molecular weight is 613 g/mol. The molecule has 4 N–H and O–H groups in total. The van der Waals surface area contributed by atoms with E-state index in [0.29, 0.717) is 29.7 Å². The van der Waals surface area contributed by atoms with E-state index < -0.39 is 18.4 Å². The van der Waals surface area contributed by atoms with Gasteiger partial charge in [-0.15, -0.1) is 5.10 Å². The fourth-order valence-electron chi connectivity index (χ4n) is 6.62. The van der Waals surface area contributed by atoms with Gasteiger partial charge in [0, 0.05) is 19.0 Å². The van der Waals surface area contributed by atoms with Gasteiger partial charge < -0.3 is 20.7 Å². The monoisotopic (exact) mass is 612 g/mol. The van der Waals surface area contributed by atoms with Crippen molar-refractivity contribution < 1.29 is 14.9 Å². The first-order valence-corrected chi connectivity index (χ1v) is 15.5. The van der Waals surface area contributed by atoms with Crippen LogP contribution in [-0.4, -0.2) is 63.8 Å². The zero-order valence-electron chi connectivity index (χ0n) is 25.0. The lowest BCUT2D eigenvalue weighted by Gasteiger charge is -2.13. The van der Waals surface area contributed by atoms with E-state index in [1.165, 1.54) is 44.2 Å². The van der Waals surface area contributed by atoms with Crippen LogP contribution in [0, 0.1) is 11.8 Å². The van der Waals surface area contributed by atoms with Gasteiger partial charge in [0.15, 0.2) is 11.9 Å². The van der Waals surface area contributed by atoms with Crippen LogP contribution in [0.3, 0.4) is 0 Å². The fourth-order valence-corrected chi connectivity index (χ4v) is 6.62. The Morgan fingerprint density at radius 3 is 2.59 bits per heavy atom. The topological polar surface area (TPSA) is 150 Å². The van der Waals surface area contributed by atoms with Crippen LogP contribution < -0.4 is 5.73 Å². The fraction of sp³-hybridized carbons (Fsp3) is 0.286. The molecule has 11 heteroatoms. The number of aryl methyl sites for hydroxylation is 1. The lowest BCUT2D eigenvalue weighted by Crippen LogP contribution is -2.24. The van der Waals surface area contributed by atoms with E-state index in [2.05, 4.69) is 91.8 Å². The Bertz CT molecular complexity index is 2250. The summed E-state index contributed by atoms with van der Waals surface area (Å²) in [5, 5.41) is 41.3. The van der Waals surface area contributed by atoms with Gasteiger partial charge in [-0.05, 0) is 63.1 Å². The summed E-state index contributed by atoms with van der Waals surface area (Å²) >= 11 is 0. The number of aromatic nitrogens is 7. The highest BCUT2D eigenvalue weighted by Gasteiger charge is 2.36. The van der Waals surface area contributed by atoms with Gasteiger partial charge in [0.1, 0.15) is 23.9 Å². The predicted octanol–water partition coefficient (Wildman–Crippen LogP) is 4.35. The first kappa shape index (κ1) is 28.3. The van der Waals surface area contributed by atoms with E-state index in [0.717, 1.165) is 25.0 Å². The molecule has 7 aromatic rings. The Hall–Kier alpha value is -5.15. The molecular formula is C35H32N8O3. The molecule has 0 amide bonds. The van der Waals surface area contributed by atoms with E-state index >= 15 is 0 Å². The molecule has 1 aliphatic heterocycles. The molecule has 1 saturated heterocycles. The summed E-state index contributed by atoms with van der Waals surface area (Å²) in [6, 6.07) is 19.7. The molecule has 0 saturated carbocycles. The molecule has 4 heterocycles. The lowest BCUT2D eigenvalue weighted by atomic mass is 9.92. The summed E-state index contributed by atoms with van der Waals surface area (Å²) < 4.78 is 9.28. The quantitative estimate of drug-likeness (QED) is 0.129. The summed E-state index contributed by atoms with van der Waals surface area (Å²) in [5.41, 5.74) is 9.29. The van der Waals surface area contributed by atoms with Gasteiger partial charge in [0.2, 0.25) is 0 Å². The second-order valence-electron chi connectivity index (χ2n) is 11.9. The molecule has 0 unspecified atom stereocenters. The molecule has 1 fully saturated rings. The van der Waals surface area contributed by atoms with E-state index in [1.54, 1.807) is 4.68 Å². The molecule has 0 radical (unpaired) electrons. The van der Waals surface area contributed by atoms with Crippen molar-refractivity contribution in [2.45, 2.75) is 57.1 Å². The maximum atomic E-state index is 10.2. The first-order valence-electron chi connectivity index (χ1n) is 15.5. The van der Waals surface area contributed by atoms with Crippen molar-refractivity contribution in [2.24, 2.45) is 0 Å². The second kappa shape index (κ2) is 11.7. The standard InChI is InChI=1S/C35H32N8O3/c36-34-33-27(40-43(35(33)38-20-37-34)30-16-28(45)29(19-44)46-30)9-4-2-1-3-8-25-18-42(41-39-25)17-24-13-12-23-11-10-21-6-5-7-22-14-15-26(24)32(23)31(21)22/h5-7,10-15,18,20,28-30,44-45H,1-3,8,16-17,19H2,(H2,36,37,38)/t28-,29+,30+/m0/s1. The lowest BCUT2D eigenvalue weighted by molar-refractivity contribution is -0.0470. The number of nitrogens with two attached hydrogens (primary N) is 1. The minimum Gasteiger partial charge on any atom is -0.394 e. The Labute approximate surface area is 264 Å². The number of rotatable bonds is 8. The highest BCUT2D eigenvalue weighted by Crippen LogP contribution is 2.36. The molecular weight excluding hydrogens is 580 g/mol. The normalized spacial score (nSPS) is 18.3. The van der Waals surface area contributed by atoms with E-state index in [1.807, 2.05) is 10.9 Å². The average Bonchev–Trinajstić information content (AvgIpc) is 3.79. The third-order valence-corrected chi connectivity index (χ3v) is 8.90. The zero-order chi connectivity index (χ0) is 31.2. The van der Waals surface area contributed by atoms with Crippen LogP contribution >= 0.6 is 0 Å². The molecule has 0 bridgehead atoms. The number of hydrogen-bond acceptors (Lipinski definition) is 9. The molecule has 3 aromatic heterocycles. The number of ether oxygens (including phenoxy) is 1.